The molecule has 3 aliphatic rings. The van der Waals surface area contributed by atoms with Crippen molar-refractivity contribution < 1.29 is 23.9 Å². The van der Waals surface area contributed by atoms with Crippen molar-refractivity contribution >= 4 is 35.5 Å². The quantitative estimate of drug-likeness (QED) is 0.598. The lowest BCUT2D eigenvalue weighted by Gasteiger charge is -2.34. The number of carbonyl (C=O) groups is 4. The van der Waals surface area contributed by atoms with Gasteiger partial charge in [0.15, 0.2) is 0 Å². The van der Waals surface area contributed by atoms with E-state index in [1.165, 1.54) is 19.2 Å². The molecule has 31 heavy (non-hydrogen) atoms. The van der Waals surface area contributed by atoms with Crippen LogP contribution in [0.25, 0.3) is 6.08 Å². The molecule has 2 N–H and O–H groups in total. The van der Waals surface area contributed by atoms with E-state index < -0.39 is 47.6 Å². The number of ether oxygens (including phenoxy) is 1. The van der Waals surface area contributed by atoms with Crippen LogP contribution in [-0.2, 0) is 19.1 Å². The molecule has 0 aliphatic carbocycles. The van der Waals surface area contributed by atoms with Crippen molar-refractivity contribution in [2.45, 2.75) is 12.1 Å². The number of rotatable bonds is 3. The second-order valence-electron chi connectivity index (χ2n) is 7.76. The molecule has 3 heterocycles. The molecular weight excluding hydrogens is 398 g/mol. The number of para-hydroxylation sites is 1. The Morgan fingerprint density at radius 2 is 1.65 bits per heavy atom. The molecule has 0 spiro atoms. The molecule has 2 aromatic carbocycles. The first kappa shape index (κ1) is 19.0. The van der Waals surface area contributed by atoms with Gasteiger partial charge in [0, 0.05) is 6.20 Å². The van der Waals surface area contributed by atoms with Crippen LogP contribution in [0.1, 0.15) is 27.5 Å². The summed E-state index contributed by atoms with van der Waals surface area (Å²) in [6.45, 7) is 0. The molecule has 3 aliphatic heterocycles. The van der Waals surface area contributed by atoms with Crippen molar-refractivity contribution in [3.63, 3.8) is 0 Å². The number of primary amides is 1. The Balaban J connectivity index is 1.66. The number of amides is 3. The SMILES string of the molecule is COC(=O)c1ccccc1N1C(=O)[C@@H]2[C@H](C1=O)[C@@H]1c3ccccc3C=CN1[C@@H]2C(N)=O. The van der Waals surface area contributed by atoms with Gasteiger partial charge in [0.05, 0.1) is 36.2 Å². The van der Waals surface area contributed by atoms with Crippen LogP contribution < -0.4 is 10.6 Å². The molecule has 0 aromatic heterocycles. The van der Waals surface area contributed by atoms with Crippen molar-refractivity contribution in [3.8, 4) is 0 Å². The highest BCUT2D eigenvalue weighted by molar-refractivity contribution is 6.25. The molecule has 2 fully saturated rings. The molecular formula is C23H19N3O5. The lowest BCUT2D eigenvalue weighted by atomic mass is 9.84. The fraction of sp³-hybridized carbons (Fsp3) is 0.217. The van der Waals surface area contributed by atoms with E-state index in [1.807, 2.05) is 30.3 Å². The third-order valence-corrected chi connectivity index (χ3v) is 6.30. The van der Waals surface area contributed by atoms with Gasteiger partial charge in [0.1, 0.15) is 6.04 Å². The standard InChI is InChI=1S/C23H19N3O5/c1-31-23(30)14-8-4-5-9-15(14)26-21(28)16-17(22(26)29)19(20(24)27)25-11-10-12-6-2-3-7-13(12)18(16)25/h2-11,16-19H,1H3,(H2,24,27)/t16-,17+,18-,19-/m0/s1. The number of anilines is 1. The van der Waals surface area contributed by atoms with Crippen LogP contribution in [-0.4, -0.2) is 41.7 Å². The number of fused-ring (bicyclic) bond motifs is 5. The lowest BCUT2D eigenvalue weighted by Crippen LogP contribution is -2.47. The summed E-state index contributed by atoms with van der Waals surface area (Å²) >= 11 is 0. The van der Waals surface area contributed by atoms with Crippen LogP contribution in [0.2, 0.25) is 0 Å². The van der Waals surface area contributed by atoms with Crippen LogP contribution in [0.15, 0.2) is 54.7 Å². The minimum absolute atomic E-state index is 0.100. The van der Waals surface area contributed by atoms with E-state index in [-0.39, 0.29) is 11.3 Å². The van der Waals surface area contributed by atoms with Gasteiger partial charge in [-0.15, -0.1) is 0 Å². The highest BCUT2D eigenvalue weighted by atomic mass is 16.5. The maximum absolute atomic E-state index is 13.6. The van der Waals surface area contributed by atoms with Crippen molar-refractivity contribution in [3.05, 3.63) is 71.4 Å². The third-order valence-electron chi connectivity index (χ3n) is 6.30. The Hall–Kier alpha value is -3.94. The van der Waals surface area contributed by atoms with E-state index >= 15 is 0 Å². The normalized spacial score (nSPS) is 25.8. The van der Waals surface area contributed by atoms with Crippen LogP contribution in [0.5, 0.6) is 0 Å². The number of methoxy groups -OCH3 is 1. The van der Waals surface area contributed by atoms with Crippen molar-refractivity contribution in [2.24, 2.45) is 17.6 Å². The second kappa shape index (κ2) is 6.80. The number of imide groups is 1. The molecule has 8 heteroatoms. The Kier molecular flexibility index (Phi) is 4.18. The molecule has 8 nitrogen and oxygen atoms in total. The average Bonchev–Trinajstić information content (AvgIpc) is 3.26. The summed E-state index contributed by atoms with van der Waals surface area (Å²) in [5.74, 6) is -4.10. The number of carbonyl (C=O) groups excluding carboxylic acids is 4. The van der Waals surface area contributed by atoms with E-state index in [2.05, 4.69) is 0 Å². The first-order chi connectivity index (χ1) is 15.0. The molecule has 0 unspecified atom stereocenters. The van der Waals surface area contributed by atoms with Gasteiger partial charge >= 0.3 is 5.97 Å². The van der Waals surface area contributed by atoms with Crippen molar-refractivity contribution in [1.29, 1.82) is 0 Å². The highest BCUT2D eigenvalue weighted by Gasteiger charge is 2.64. The van der Waals surface area contributed by atoms with Gasteiger partial charge in [-0.1, -0.05) is 36.4 Å². The first-order valence-corrected chi connectivity index (χ1v) is 9.84. The van der Waals surface area contributed by atoms with E-state index in [1.54, 1.807) is 23.2 Å². The van der Waals surface area contributed by atoms with E-state index in [0.717, 1.165) is 16.0 Å². The zero-order valence-corrected chi connectivity index (χ0v) is 16.6. The number of nitrogens with zero attached hydrogens (tertiary/aromatic N) is 2. The summed E-state index contributed by atoms with van der Waals surface area (Å²) in [7, 11) is 1.23. The minimum atomic E-state index is -0.966. The van der Waals surface area contributed by atoms with Gasteiger partial charge in [-0.05, 0) is 29.3 Å². The number of esters is 1. The van der Waals surface area contributed by atoms with Crippen LogP contribution in [0, 0.1) is 11.8 Å². The van der Waals surface area contributed by atoms with Gasteiger partial charge in [-0.2, -0.15) is 0 Å². The highest BCUT2D eigenvalue weighted by Crippen LogP contribution is 2.53. The number of nitrogens with two attached hydrogens (primary N) is 1. The predicted molar refractivity (Wildman–Crippen MR) is 110 cm³/mol. The van der Waals surface area contributed by atoms with Crippen molar-refractivity contribution in [1.82, 2.24) is 4.90 Å². The van der Waals surface area contributed by atoms with Gasteiger partial charge in [0.25, 0.3) is 0 Å². The fourth-order valence-electron chi connectivity index (χ4n) is 5.07. The van der Waals surface area contributed by atoms with Crippen LogP contribution in [0.4, 0.5) is 5.69 Å². The molecule has 4 atom stereocenters. The molecule has 156 valence electrons. The van der Waals surface area contributed by atoms with Crippen LogP contribution >= 0.6 is 0 Å². The topological polar surface area (TPSA) is 110 Å². The Morgan fingerprint density at radius 1 is 0.968 bits per heavy atom. The van der Waals surface area contributed by atoms with Crippen molar-refractivity contribution in [2.75, 3.05) is 12.0 Å². The van der Waals surface area contributed by atoms with E-state index in [9.17, 15) is 19.2 Å². The number of hydrogen-bond donors (Lipinski definition) is 1. The van der Waals surface area contributed by atoms with Gasteiger partial charge in [-0.25, -0.2) is 9.69 Å². The molecule has 5 rings (SSSR count). The third kappa shape index (κ3) is 2.54. The summed E-state index contributed by atoms with van der Waals surface area (Å²) < 4.78 is 4.81. The number of benzene rings is 2. The minimum Gasteiger partial charge on any atom is -0.465 e. The average molecular weight is 417 g/mol. The molecule has 0 bridgehead atoms. The fourth-order valence-corrected chi connectivity index (χ4v) is 5.07. The van der Waals surface area contributed by atoms with Gasteiger partial charge in [-0.3, -0.25) is 14.4 Å². The number of hydrogen-bond acceptors (Lipinski definition) is 6. The van der Waals surface area contributed by atoms with E-state index in [4.69, 9.17) is 10.5 Å². The Morgan fingerprint density at radius 3 is 2.39 bits per heavy atom. The molecule has 2 aromatic rings. The first-order valence-electron chi connectivity index (χ1n) is 9.84. The van der Waals surface area contributed by atoms with Gasteiger partial charge in [0.2, 0.25) is 17.7 Å². The molecule has 3 amide bonds. The largest absolute Gasteiger partial charge is 0.465 e. The van der Waals surface area contributed by atoms with Gasteiger partial charge < -0.3 is 15.4 Å². The summed E-state index contributed by atoms with van der Waals surface area (Å²) in [5.41, 5.74) is 7.72. The summed E-state index contributed by atoms with van der Waals surface area (Å²) in [5, 5.41) is 0. The molecule has 0 radical (unpaired) electrons. The smallest absolute Gasteiger partial charge is 0.339 e. The maximum atomic E-state index is 13.6. The van der Waals surface area contributed by atoms with Crippen LogP contribution in [0.3, 0.4) is 0 Å². The summed E-state index contributed by atoms with van der Waals surface area (Å²) in [4.78, 5) is 54.6. The Labute approximate surface area is 177 Å². The maximum Gasteiger partial charge on any atom is 0.339 e. The summed E-state index contributed by atoms with van der Waals surface area (Å²) in [6, 6.07) is 12.3. The second-order valence-corrected chi connectivity index (χ2v) is 7.76. The molecule has 0 saturated carbocycles. The predicted octanol–water partition coefficient (Wildman–Crippen LogP) is 1.47. The molecule has 2 saturated heterocycles. The lowest BCUT2D eigenvalue weighted by molar-refractivity contribution is -0.129. The van der Waals surface area contributed by atoms with E-state index in [0.29, 0.717) is 0 Å². The zero-order chi connectivity index (χ0) is 21.9. The monoisotopic (exact) mass is 417 g/mol. The Bertz CT molecular complexity index is 1170. The zero-order valence-electron chi connectivity index (χ0n) is 16.6. The summed E-state index contributed by atoms with van der Waals surface area (Å²) in [6.07, 6.45) is 3.58.